The van der Waals surface area contributed by atoms with E-state index in [0.717, 1.165) is 6.42 Å². The van der Waals surface area contributed by atoms with Gasteiger partial charge in [0.25, 0.3) is 0 Å². The fraction of sp³-hybridized carbons (Fsp3) is 0.308. The van der Waals surface area contributed by atoms with E-state index < -0.39 is 0 Å². The number of carbonyl (C=O) groups excluding carboxylic acids is 1. The van der Waals surface area contributed by atoms with Gasteiger partial charge in [-0.15, -0.1) is 12.3 Å². The van der Waals surface area contributed by atoms with E-state index in [-0.39, 0.29) is 6.41 Å². The van der Waals surface area contributed by atoms with Crippen molar-refractivity contribution in [2.24, 2.45) is 5.73 Å². The Kier molecular flexibility index (Phi) is 5.89. The van der Waals surface area contributed by atoms with E-state index in [1.54, 1.807) is 0 Å². The topological polar surface area (TPSA) is 43.1 Å². The summed E-state index contributed by atoms with van der Waals surface area (Å²) in [4.78, 5) is 8.58. The van der Waals surface area contributed by atoms with Gasteiger partial charge in [0.1, 0.15) is 0 Å². The minimum Gasteiger partial charge on any atom is -0.372 e. The van der Waals surface area contributed by atoms with Gasteiger partial charge in [0.05, 0.1) is 0 Å². The quantitative estimate of drug-likeness (QED) is 0.549. The van der Waals surface area contributed by atoms with Crippen LogP contribution in [0, 0.1) is 33.1 Å². The van der Waals surface area contributed by atoms with Crippen molar-refractivity contribution in [1.82, 2.24) is 0 Å². The maximum absolute atomic E-state index is 8.58. The van der Waals surface area contributed by atoms with Gasteiger partial charge in [0.2, 0.25) is 6.41 Å². The molecule has 0 aliphatic heterocycles. The highest BCUT2D eigenvalue weighted by Gasteiger charge is 2.00. The highest BCUT2D eigenvalue weighted by Crippen LogP contribution is 2.16. The average molecular weight is 203 g/mol. The summed E-state index contributed by atoms with van der Waals surface area (Å²) in [6.07, 6.45) is 6.28. The lowest BCUT2D eigenvalue weighted by molar-refractivity contribution is -0.106. The first-order chi connectivity index (χ1) is 7.06. The number of hydrogen-bond acceptors (Lipinski definition) is 1. The Hall–Kier alpha value is -1.75. The Morgan fingerprint density at radius 1 is 1.33 bits per heavy atom. The maximum atomic E-state index is 8.58. The zero-order valence-electron chi connectivity index (χ0n) is 9.50. The van der Waals surface area contributed by atoms with Crippen LogP contribution < -0.4 is 5.73 Å². The Labute approximate surface area is 91.5 Å². The van der Waals surface area contributed by atoms with Gasteiger partial charge < -0.3 is 5.73 Å². The molecular weight excluding hydrogens is 186 g/mol. The van der Waals surface area contributed by atoms with Crippen LogP contribution in [0.15, 0.2) is 12.1 Å². The number of benzene rings is 1. The van der Waals surface area contributed by atoms with Crippen molar-refractivity contribution in [3.8, 4) is 12.3 Å². The number of rotatable bonds is 1. The maximum Gasteiger partial charge on any atom is 0.204 e. The fourth-order valence-electron chi connectivity index (χ4n) is 1.59. The summed E-state index contributed by atoms with van der Waals surface area (Å²) >= 11 is 0. The first-order valence-corrected chi connectivity index (χ1v) is 4.72. The monoisotopic (exact) mass is 203 g/mol. The predicted octanol–water partition coefficient (Wildman–Crippen LogP) is 1.89. The van der Waals surface area contributed by atoms with Crippen LogP contribution in [0.3, 0.4) is 0 Å². The molecule has 1 rings (SSSR count). The lowest BCUT2D eigenvalue weighted by atomic mass is 9.98. The average Bonchev–Trinajstić information content (AvgIpc) is 2.12. The zero-order chi connectivity index (χ0) is 11.8. The molecule has 15 heavy (non-hydrogen) atoms. The summed E-state index contributed by atoms with van der Waals surface area (Å²) in [5.41, 5.74) is 9.41. The number of amides is 1. The minimum atomic E-state index is 0.250. The summed E-state index contributed by atoms with van der Waals surface area (Å²) in [5, 5.41) is 0. The van der Waals surface area contributed by atoms with Gasteiger partial charge in [0.15, 0.2) is 0 Å². The number of carbonyl (C=O) groups is 1. The van der Waals surface area contributed by atoms with Gasteiger partial charge in [-0.3, -0.25) is 4.79 Å². The Bertz CT molecular complexity index is 352. The molecule has 2 nitrogen and oxygen atoms in total. The minimum absolute atomic E-state index is 0.250. The molecule has 0 aliphatic rings. The summed E-state index contributed by atoms with van der Waals surface area (Å²) in [7, 11) is 0. The van der Waals surface area contributed by atoms with Crippen LogP contribution in [0.5, 0.6) is 0 Å². The molecule has 0 unspecified atom stereocenters. The summed E-state index contributed by atoms with van der Waals surface area (Å²) in [6.45, 7) is 6.35. The van der Waals surface area contributed by atoms with Gasteiger partial charge in [-0.1, -0.05) is 17.7 Å². The molecule has 1 amide bonds. The SMILES string of the molecule is C#CCc1c(C)cc(C)cc1C.NC=O. The standard InChI is InChI=1S/C12H14.CH3NO/c1-5-6-12-10(3)7-9(2)8-11(12)4;2-1-3/h1,7-8H,6H2,2-4H3;1H,(H2,2,3). The van der Waals surface area contributed by atoms with Gasteiger partial charge in [-0.05, 0) is 37.5 Å². The molecule has 0 atom stereocenters. The molecule has 0 saturated heterocycles. The summed E-state index contributed by atoms with van der Waals surface area (Å²) in [6, 6.07) is 4.36. The van der Waals surface area contributed by atoms with Crippen LogP contribution in [-0.4, -0.2) is 6.41 Å². The second-order valence-corrected chi connectivity index (χ2v) is 3.39. The highest BCUT2D eigenvalue weighted by atomic mass is 16.1. The molecule has 0 aliphatic carbocycles. The third-order valence-corrected chi connectivity index (χ3v) is 2.12. The van der Waals surface area contributed by atoms with Crippen molar-refractivity contribution in [3.63, 3.8) is 0 Å². The number of nitrogens with two attached hydrogens (primary N) is 1. The Morgan fingerprint density at radius 3 is 2.07 bits per heavy atom. The molecule has 0 radical (unpaired) electrons. The summed E-state index contributed by atoms with van der Waals surface area (Å²) in [5.74, 6) is 2.69. The molecule has 2 heteroatoms. The molecule has 1 aromatic carbocycles. The first-order valence-electron chi connectivity index (χ1n) is 4.72. The molecular formula is C13H17NO. The molecule has 0 heterocycles. The van der Waals surface area contributed by atoms with Crippen LogP contribution in [0.2, 0.25) is 0 Å². The molecule has 0 saturated carbocycles. The van der Waals surface area contributed by atoms with E-state index in [1.165, 1.54) is 22.3 Å². The smallest absolute Gasteiger partial charge is 0.204 e. The second-order valence-electron chi connectivity index (χ2n) is 3.39. The van der Waals surface area contributed by atoms with Crippen molar-refractivity contribution >= 4 is 6.41 Å². The molecule has 2 N–H and O–H groups in total. The van der Waals surface area contributed by atoms with Crippen molar-refractivity contribution in [2.75, 3.05) is 0 Å². The van der Waals surface area contributed by atoms with Gasteiger partial charge in [-0.25, -0.2) is 0 Å². The van der Waals surface area contributed by atoms with Crippen LogP contribution in [0.25, 0.3) is 0 Å². The number of terminal acetylenes is 1. The molecule has 0 spiro atoms. The lowest BCUT2D eigenvalue weighted by Gasteiger charge is -2.07. The largest absolute Gasteiger partial charge is 0.372 e. The zero-order valence-corrected chi connectivity index (χ0v) is 9.50. The third kappa shape index (κ3) is 4.33. The van der Waals surface area contributed by atoms with Crippen LogP contribution in [-0.2, 0) is 11.2 Å². The van der Waals surface area contributed by atoms with Crippen LogP contribution in [0.4, 0.5) is 0 Å². The van der Waals surface area contributed by atoms with E-state index >= 15 is 0 Å². The third-order valence-electron chi connectivity index (χ3n) is 2.12. The van der Waals surface area contributed by atoms with E-state index in [4.69, 9.17) is 11.2 Å². The molecule has 1 aromatic rings. The fourth-order valence-corrected chi connectivity index (χ4v) is 1.59. The molecule has 0 aromatic heterocycles. The Morgan fingerprint density at radius 2 is 1.73 bits per heavy atom. The van der Waals surface area contributed by atoms with E-state index in [1.807, 2.05) is 0 Å². The van der Waals surface area contributed by atoms with Crippen LogP contribution >= 0.6 is 0 Å². The number of aryl methyl sites for hydroxylation is 3. The van der Waals surface area contributed by atoms with Gasteiger partial charge >= 0.3 is 0 Å². The Balaban J connectivity index is 0.000000583. The van der Waals surface area contributed by atoms with Crippen molar-refractivity contribution < 1.29 is 4.79 Å². The first kappa shape index (κ1) is 13.2. The number of hydrogen-bond donors (Lipinski definition) is 1. The van der Waals surface area contributed by atoms with Crippen molar-refractivity contribution in [3.05, 3.63) is 34.4 Å². The van der Waals surface area contributed by atoms with Gasteiger partial charge in [0, 0.05) is 6.42 Å². The number of primary amides is 1. The van der Waals surface area contributed by atoms with Gasteiger partial charge in [-0.2, -0.15) is 0 Å². The lowest BCUT2D eigenvalue weighted by Crippen LogP contribution is -1.93. The molecule has 0 fully saturated rings. The molecule has 0 bridgehead atoms. The van der Waals surface area contributed by atoms with E-state index in [9.17, 15) is 0 Å². The summed E-state index contributed by atoms with van der Waals surface area (Å²) < 4.78 is 0. The molecule has 80 valence electrons. The predicted molar refractivity (Wildman–Crippen MR) is 63.4 cm³/mol. The van der Waals surface area contributed by atoms with E-state index in [0.29, 0.717) is 0 Å². The normalized spacial score (nSPS) is 8.40. The van der Waals surface area contributed by atoms with E-state index in [2.05, 4.69) is 44.6 Å². The highest BCUT2D eigenvalue weighted by molar-refractivity contribution is 5.42. The van der Waals surface area contributed by atoms with Crippen LogP contribution in [0.1, 0.15) is 22.3 Å². The second kappa shape index (κ2) is 6.67. The van der Waals surface area contributed by atoms with Crippen molar-refractivity contribution in [2.45, 2.75) is 27.2 Å². The van der Waals surface area contributed by atoms with Crippen molar-refractivity contribution in [1.29, 1.82) is 0 Å².